The molecule has 0 radical (unpaired) electrons. The molecule has 1 aromatic heterocycles. The number of carbonyl (C=O) groups is 1. The Balaban J connectivity index is 1.71. The van der Waals surface area contributed by atoms with Crippen LogP contribution in [0.4, 0.5) is 0 Å². The monoisotopic (exact) mass is 335 g/mol. The number of hydrogen-bond donors (Lipinski definition) is 1. The van der Waals surface area contributed by atoms with Gasteiger partial charge in [0.25, 0.3) is 0 Å². The van der Waals surface area contributed by atoms with E-state index in [0.717, 1.165) is 22.6 Å². The van der Waals surface area contributed by atoms with Gasteiger partial charge in [0.05, 0.1) is 6.04 Å². The van der Waals surface area contributed by atoms with E-state index in [2.05, 4.69) is 5.32 Å². The topological polar surface area (TPSA) is 29.1 Å². The molecule has 0 spiro atoms. The van der Waals surface area contributed by atoms with E-state index in [1.807, 2.05) is 53.5 Å². The first-order valence-corrected chi connectivity index (χ1v) is 8.91. The zero-order valence-corrected chi connectivity index (χ0v) is 13.6. The summed E-state index contributed by atoms with van der Waals surface area (Å²) in [5, 5.41) is 5.78. The number of carbonyl (C=O) groups excluding carboxylic acids is 1. The molecular formula is C16H14ClNOS2. The Bertz CT molecular complexity index is 667. The summed E-state index contributed by atoms with van der Waals surface area (Å²) in [4.78, 5) is 14.4. The second kappa shape index (κ2) is 6.69. The van der Waals surface area contributed by atoms with Crippen LogP contribution in [0.15, 0.2) is 46.7 Å². The molecule has 3 rings (SSSR count). The number of rotatable bonds is 3. The van der Waals surface area contributed by atoms with Gasteiger partial charge in [-0.05, 0) is 47.7 Å². The summed E-state index contributed by atoms with van der Waals surface area (Å²) in [6, 6.07) is 9.88. The van der Waals surface area contributed by atoms with Crippen molar-refractivity contribution in [2.24, 2.45) is 0 Å². The first-order valence-electron chi connectivity index (χ1n) is 6.67. The highest BCUT2D eigenvalue weighted by molar-refractivity contribution is 7.99. The van der Waals surface area contributed by atoms with E-state index in [0.29, 0.717) is 5.02 Å². The zero-order valence-electron chi connectivity index (χ0n) is 11.2. The van der Waals surface area contributed by atoms with Gasteiger partial charge in [-0.25, -0.2) is 0 Å². The number of fused-ring (bicyclic) bond motifs is 1. The number of amides is 1. The largest absolute Gasteiger partial charge is 0.346 e. The third kappa shape index (κ3) is 3.70. The maximum absolute atomic E-state index is 12.1. The second-order valence-electron chi connectivity index (χ2n) is 4.73. The van der Waals surface area contributed by atoms with Crippen molar-refractivity contribution >= 4 is 46.7 Å². The molecule has 2 nitrogen and oxygen atoms in total. The zero-order chi connectivity index (χ0) is 14.7. The van der Waals surface area contributed by atoms with E-state index in [1.54, 1.807) is 17.4 Å². The lowest BCUT2D eigenvalue weighted by molar-refractivity contribution is -0.117. The van der Waals surface area contributed by atoms with Crippen LogP contribution < -0.4 is 5.32 Å². The van der Waals surface area contributed by atoms with Crippen molar-refractivity contribution in [2.75, 3.05) is 5.75 Å². The van der Waals surface area contributed by atoms with Crippen molar-refractivity contribution in [1.82, 2.24) is 5.32 Å². The molecule has 0 bridgehead atoms. The number of hydrogen-bond acceptors (Lipinski definition) is 3. The summed E-state index contributed by atoms with van der Waals surface area (Å²) in [7, 11) is 0. The molecule has 1 amide bonds. The SMILES string of the molecule is O=C(/C=C/c1cccs1)N[C@@H]1CCSc2ccc(Cl)cc21. The van der Waals surface area contributed by atoms with Gasteiger partial charge in [0.2, 0.25) is 5.91 Å². The van der Waals surface area contributed by atoms with E-state index in [4.69, 9.17) is 11.6 Å². The van der Waals surface area contributed by atoms with Gasteiger partial charge in [-0.3, -0.25) is 4.79 Å². The molecule has 108 valence electrons. The Morgan fingerprint density at radius 1 is 1.38 bits per heavy atom. The van der Waals surface area contributed by atoms with Crippen molar-refractivity contribution < 1.29 is 4.79 Å². The van der Waals surface area contributed by atoms with Crippen LogP contribution in [0.25, 0.3) is 6.08 Å². The minimum absolute atomic E-state index is 0.0421. The van der Waals surface area contributed by atoms with E-state index >= 15 is 0 Å². The Morgan fingerprint density at radius 2 is 2.29 bits per heavy atom. The van der Waals surface area contributed by atoms with Crippen LogP contribution >= 0.6 is 34.7 Å². The number of nitrogens with one attached hydrogen (secondary N) is 1. The maximum atomic E-state index is 12.1. The highest BCUT2D eigenvalue weighted by Gasteiger charge is 2.21. The predicted octanol–water partition coefficient (Wildman–Crippen LogP) is 4.77. The van der Waals surface area contributed by atoms with Gasteiger partial charge in [0.1, 0.15) is 0 Å². The Kier molecular flexibility index (Phi) is 4.68. The second-order valence-corrected chi connectivity index (χ2v) is 7.28. The number of thiophene rings is 1. The van der Waals surface area contributed by atoms with Gasteiger partial charge in [-0.1, -0.05) is 17.7 Å². The highest BCUT2D eigenvalue weighted by atomic mass is 35.5. The summed E-state index contributed by atoms with van der Waals surface area (Å²) in [6.45, 7) is 0. The van der Waals surface area contributed by atoms with Crippen molar-refractivity contribution in [3.8, 4) is 0 Å². The van der Waals surface area contributed by atoms with Crippen LogP contribution in [0.1, 0.15) is 22.9 Å². The molecule has 1 aliphatic heterocycles. The third-order valence-corrected chi connectivity index (χ3v) is 5.47. The molecule has 1 atom stereocenters. The molecule has 2 aromatic rings. The van der Waals surface area contributed by atoms with Crippen LogP contribution in [0.5, 0.6) is 0 Å². The van der Waals surface area contributed by atoms with Crippen molar-refractivity contribution in [1.29, 1.82) is 0 Å². The fourth-order valence-corrected chi connectivity index (χ4v) is 4.18. The summed E-state index contributed by atoms with van der Waals surface area (Å²) in [6.07, 6.45) is 4.37. The first kappa shape index (κ1) is 14.7. The summed E-state index contributed by atoms with van der Waals surface area (Å²) in [5.74, 6) is 0.944. The van der Waals surface area contributed by atoms with E-state index < -0.39 is 0 Å². The lowest BCUT2D eigenvalue weighted by Gasteiger charge is -2.25. The Morgan fingerprint density at radius 3 is 3.10 bits per heavy atom. The molecule has 0 saturated heterocycles. The van der Waals surface area contributed by atoms with Crippen LogP contribution in [0, 0.1) is 0 Å². The lowest BCUT2D eigenvalue weighted by Crippen LogP contribution is -2.29. The van der Waals surface area contributed by atoms with Gasteiger partial charge < -0.3 is 5.32 Å². The van der Waals surface area contributed by atoms with E-state index in [-0.39, 0.29) is 11.9 Å². The fourth-order valence-electron chi connectivity index (χ4n) is 2.28. The van der Waals surface area contributed by atoms with Crippen molar-refractivity contribution in [3.63, 3.8) is 0 Å². The normalized spacial score (nSPS) is 17.7. The van der Waals surface area contributed by atoms with Crippen LogP contribution in [-0.4, -0.2) is 11.7 Å². The number of benzene rings is 1. The van der Waals surface area contributed by atoms with Crippen molar-refractivity contribution in [2.45, 2.75) is 17.4 Å². The average Bonchev–Trinajstić information content (AvgIpc) is 2.99. The van der Waals surface area contributed by atoms with Gasteiger partial charge in [0.15, 0.2) is 0 Å². The minimum atomic E-state index is -0.0637. The van der Waals surface area contributed by atoms with E-state index in [9.17, 15) is 4.79 Å². The van der Waals surface area contributed by atoms with Gasteiger partial charge in [-0.15, -0.1) is 23.1 Å². The standard InChI is InChI=1S/C16H14ClNOS2/c17-11-3-5-15-13(10-11)14(7-9-21-15)18-16(19)6-4-12-2-1-8-20-12/h1-6,8,10,14H,7,9H2,(H,18,19)/b6-4+/t14-/m1/s1. The molecule has 1 aliphatic rings. The summed E-state index contributed by atoms with van der Waals surface area (Å²) in [5.41, 5.74) is 1.12. The molecule has 1 aromatic carbocycles. The Labute approximate surface area is 137 Å². The highest BCUT2D eigenvalue weighted by Crippen LogP contribution is 2.37. The summed E-state index contributed by atoms with van der Waals surface area (Å²) < 4.78 is 0. The van der Waals surface area contributed by atoms with E-state index in [1.165, 1.54) is 4.90 Å². The first-order chi connectivity index (χ1) is 10.2. The van der Waals surface area contributed by atoms with Crippen molar-refractivity contribution in [3.05, 3.63) is 57.3 Å². The van der Waals surface area contributed by atoms with Crippen LogP contribution in [-0.2, 0) is 4.79 Å². The molecule has 0 saturated carbocycles. The third-order valence-electron chi connectivity index (χ3n) is 3.27. The maximum Gasteiger partial charge on any atom is 0.244 e. The Hall–Kier alpha value is -1.23. The molecule has 21 heavy (non-hydrogen) atoms. The molecule has 2 heterocycles. The lowest BCUT2D eigenvalue weighted by atomic mass is 10.0. The molecule has 1 N–H and O–H groups in total. The number of thioether (sulfide) groups is 1. The molecule has 0 aliphatic carbocycles. The predicted molar refractivity (Wildman–Crippen MR) is 91.0 cm³/mol. The van der Waals surface area contributed by atoms with Gasteiger partial charge in [0, 0.05) is 26.6 Å². The number of halogens is 1. The smallest absolute Gasteiger partial charge is 0.244 e. The van der Waals surface area contributed by atoms with Gasteiger partial charge >= 0.3 is 0 Å². The molecule has 0 fully saturated rings. The fraction of sp³-hybridized carbons (Fsp3) is 0.188. The molecule has 0 unspecified atom stereocenters. The van der Waals surface area contributed by atoms with Crippen LogP contribution in [0.2, 0.25) is 5.02 Å². The molecular weight excluding hydrogens is 322 g/mol. The van der Waals surface area contributed by atoms with Gasteiger partial charge in [-0.2, -0.15) is 0 Å². The quantitative estimate of drug-likeness (QED) is 0.819. The molecule has 5 heteroatoms. The average molecular weight is 336 g/mol. The van der Waals surface area contributed by atoms with Crippen LogP contribution in [0.3, 0.4) is 0 Å². The summed E-state index contributed by atoms with van der Waals surface area (Å²) >= 11 is 9.50. The minimum Gasteiger partial charge on any atom is -0.346 e.